The van der Waals surface area contributed by atoms with E-state index in [1.807, 2.05) is 0 Å². The van der Waals surface area contributed by atoms with Crippen LogP contribution in [-0.4, -0.2) is 41.5 Å². The molecule has 2 aromatic rings. The highest BCUT2D eigenvalue weighted by Crippen LogP contribution is 2.36. The van der Waals surface area contributed by atoms with Gasteiger partial charge in [-0.2, -0.15) is 0 Å². The number of ether oxygens (including phenoxy) is 2. The summed E-state index contributed by atoms with van der Waals surface area (Å²) in [5.41, 5.74) is 0.856. The summed E-state index contributed by atoms with van der Waals surface area (Å²) in [6.07, 6.45) is 0. The predicted octanol–water partition coefficient (Wildman–Crippen LogP) is 2.06. The second-order valence-electron chi connectivity index (χ2n) is 6.42. The van der Waals surface area contributed by atoms with Gasteiger partial charge in [0.05, 0.1) is 36.2 Å². The lowest BCUT2D eigenvalue weighted by Gasteiger charge is -2.22. The Morgan fingerprint density at radius 2 is 1.59 bits per heavy atom. The van der Waals surface area contributed by atoms with E-state index in [0.29, 0.717) is 22.9 Å². The number of carbonyl (C=O) groups excluding carboxylic acids is 2. The minimum Gasteiger partial charge on any atom is -0.497 e. The van der Waals surface area contributed by atoms with Gasteiger partial charge in [0.15, 0.2) is 0 Å². The minimum absolute atomic E-state index is 0.0549. The summed E-state index contributed by atoms with van der Waals surface area (Å²) >= 11 is 0. The molecule has 0 saturated carbocycles. The molecular formula is C19H21N3O6S. The van der Waals surface area contributed by atoms with Crippen LogP contribution in [0.15, 0.2) is 41.3 Å². The van der Waals surface area contributed by atoms with Gasteiger partial charge in [0.1, 0.15) is 17.4 Å². The quantitative estimate of drug-likeness (QED) is 0.717. The fourth-order valence-electron chi connectivity index (χ4n) is 2.83. The molecule has 0 unspecified atom stereocenters. The van der Waals surface area contributed by atoms with Crippen molar-refractivity contribution in [3.8, 4) is 11.5 Å². The molecule has 1 aliphatic heterocycles. The van der Waals surface area contributed by atoms with E-state index in [4.69, 9.17) is 9.47 Å². The molecule has 0 aromatic heterocycles. The first-order valence-electron chi connectivity index (χ1n) is 8.65. The van der Waals surface area contributed by atoms with Crippen LogP contribution in [0.5, 0.6) is 11.5 Å². The molecule has 9 nitrogen and oxygen atoms in total. The van der Waals surface area contributed by atoms with E-state index in [0.717, 1.165) is 4.31 Å². The lowest BCUT2D eigenvalue weighted by atomic mass is 10.1. The van der Waals surface area contributed by atoms with Crippen molar-refractivity contribution in [3.05, 3.63) is 36.4 Å². The van der Waals surface area contributed by atoms with Gasteiger partial charge >= 0.3 is 0 Å². The van der Waals surface area contributed by atoms with Crippen molar-refractivity contribution in [2.24, 2.45) is 5.92 Å². The third kappa shape index (κ3) is 3.70. The molecule has 2 aromatic carbocycles. The zero-order valence-corrected chi connectivity index (χ0v) is 17.2. The molecule has 154 valence electrons. The summed E-state index contributed by atoms with van der Waals surface area (Å²) in [4.78, 5) is 24.0. The fraction of sp³-hybridized carbons (Fsp3) is 0.263. The summed E-state index contributed by atoms with van der Waals surface area (Å²) < 4.78 is 37.9. The first-order chi connectivity index (χ1) is 13.7. The number of sulfonamides is 1. The maximum Gasteiger partial charge on any atom is 0.264 e. The van der Waals surface area contributed by atoms with Gasteiger partial charge in [0, 0.05) is 13.1 Å². The lowest BCUT2D eigenvalue weighted by Crippen LogP contribution is -2.28. The number of fused-ring (bicyclic) bond motifs is 1. The van der Waals surface area contributed by atoms with E-state index in [1.54, 1.807) is 18.2 Å². The topological polar surface area (TPSA) is 114 Å². The number of nitrogens with one attached hydrogen (secondary N) is 2. The lowest BCUT2D eigenvalue weighted by molar-refractivity contribution is -0.128. The molecule has 0 fully saturated rings. The molecule has 3 rings (SSSR count). The van der Waals surface area contributed by atoms with Gasteiger partial charge in [-0.25, -0.2) is 8.42 Å². The van der Waals surface area contributed by atoms with E-state index in [2.05, 4.69) is 10.6 Å². The molecular weight excluding hydrogens is 398 g/mol. The van der Waals surface area contributed by atoms with Crippen molar-refractivity contribution in [3.63, 3.8) is 0 Å². The highest BCUT2D eigenvalue weighted by atomic mass is 32.2. The number of nitrogens with zero attached hydrogens (tertiary/aromatic N) is 1. The van der Waals surface area contributed by atoms with Crippen LogP contribution in [0.1, 0.15) is 6.92 Å². The third-order valence-corrected chi connectivity index (χ3v) is 6.45. The molecule has 1 heterocycles. The fourth-order valence-corrected chi connectivity index (χ4v) is 4.06. The number of benzene rings is 2. The number of rotatable bonds is 5. The largest absolute Gasteiger partial charge is 0.497 e. The molecule has 10 heteroatoms. The molecule has 2 amide bonds. The monoisotopic (exact) mass is 419 g/mol. The van der Waals surface area contributed by atoms with Gasteiger partial charge in [0.25, 0.3) is 10.0 Å². The second-order valence-corrected chi connectivity index (χ2v) is 8.39. The summed E-state index contributed by atoms with van der Waals surface area (Å²) in [6, 6.07) is 8.89. The van der Waals surface area contributed by atoms with Gasteiger partial charge in [-0.05, 0) is 37.3 Å². The number of hydrogen-bond donors (Lipinski definition) is 2. The molecule has 29 heavy (non-hydrogen) atoms. The Morgan fingerprint density at radius 1 is 0.931 bits per heavy atom. The Balaban J connectivity index is 2.02. The van der Waals surface area contributed by atoms with Crippen LogP contribution < -0.4 is 24.4 Å². The number of amides is 2. The van der Waals surface area contributed by atoms with E-state index in [1.165, 1.54) is 46.4 Å². The van der Waals surface area contributed by atoms with Crippen molar-refractivity contribution in [1.29, 1.82) is 0 Å². The van der Waals surface area contributed by atoms with Crippen molar-refractivity contribution in [1.82, 2.24) is 0 Å². The Hall–Kier alpha value is -3.27. The first-order valence-corrected chi connectivity index (χ1v) is 10.1. The van der Waals surface area contributed by atoms with Crippen LogP contribution in [0.3, 0.4) is 0 Å². The molecule has 2 N–H and O–H groups in total. The van der Waals surface area contributed by atoms with Crippen LogP contribution in [-0.2, 0) is 19.6 Å². The normalized spacial score (nSPS) is 16.2. The van der Waals surface area contributed by atoms with Crippen LogP contribution in [0.2, 0.25) is 0 Å². The Morgan fingerprint density at radius 3 is 2.21 bits per heavy atom. The molecule has 0 radical (unpaired) electrons. The zero-order chi connectivity index (χ0) is 21.3. The van der Waals surface area contributed by atoms with E-state index in [9.17, 15) is 18.0 Å². The van der Waals surface area contributed by atoms with Crippen molar-refractivity contribution >= 4 is 38.9 Å². The Kier molecular flexibility index (Phi) is 5.38. The van der Waals surface area contributed by atoms with Gasteiger partial charge in [-0.1, -0.05) is 0 Å². The summed E-state index contributed by atoms with van der Waals surface area (Å²) in [6.45, 7) is 1.47. The summed E-state index contributed by atoms with van der Waals surface area (Å²) in [5, 5.41) is 5.19. The summed E-state index contributed by atoms with van der Waals surface area (Å²) in [5.74, 6) is -1.03. The minimum atomic E-state index is -3.99. The number of methoxy groups -OCH3 is 2. The van der Waals surface area contributed by atoms with Gasteiger partial charge in [-0.15, -0.1) is 0 Å². The first kappa shape index (κ1) is 20.5. The maximum atomic E-state index is 13.2. The SMILES string of the molecule is COc1ccc(N(C)S(=O)(=O)c2ccc3c(c2)NC(=O)[C@@H](C)C(=O)N3)c(OC)c1. The number of carbonyl (C=O) groups is 2. The van der Waals surface area contributed by atoms with Gasteiger partial charge < -0.3 is 20.1 Å². The molecule has 1 atom stereocenters. The molecule has 0 aliphatic carbocycles. The average molecular weight is 419 g/mol. The molecule has 0 spiro atoms. The van der Waals surface area contributed by atoms with Crippen LogP contribution in [0.4, 0.5) is 17.1 Å². The third-order valence-electron chi connectivity index (χ3n) is 4.68. The van der Waals surface area contributed by atoms with Crippen LogP contribution in [0.25, 0.3) is 0 Å². The Bertz CT molecular complexity index is 1080. The van der Waals surface area contributed by atoms with Crippen molar-refractivity contribution < 1.29 is 27.5 Å². The van der Waals surface area contributed by atoms with E-state index < -0.39 is 27.8 Å². The number of anilines is 3. The van der Waals surface area contributed by atoms with E-state index >= 15 is 0 Å². The summed E-state index contributed by atoms with van der Waals surface area (Å²) in [7, 11) is 0.341. The second kappa shape index (κ2) is 7.63. The van der Waals surface area contributed by atoms with Gasteiger partial charge in [-0.3, -0.25) is 13.9 Å². The maximum absolute atomic E-state index is 13.2. The standard InChI is InChI=1S/C19H21N3O6S/c1-11-18(23)20-14-7-6-13(10-15(14)21-19(11)24)29(25,26)22(2)16-8-5-12(27-3)9-17(16)28-4/h5-11H,1-4H3,(H,20,23)(H,21,24)/t11-/m0/s1. The van der Waals surface area contributed by atoms with Gasteiger partial charge in [0.2, 0.25) is 11.8 Å². The van der Waals surface area contributed by atoms with Crippen molar-refractivity contribution in [2.45, 2.75) is 11.8 Å². The predicted molar refractivity (Wildman–Crippen MR) is 108 cm³/mol. The van der Waals surface area contributed by atoms with Crippen LogP contribution >= 0.6 is 0 Å². The van der Waals surface area contributed by atoms with Crippen LogP contribution in [0, 0.1) is 5.92 Å². The Labute approximate surface area is 168 Å². The molecule has 0 bridgehead atoms. The smallest absolute Gasteiger partial charge is 0.264 e. The highest BCUT2D eigenvalue weighted by Gasteiger charge is 2.29. The average Bonchev–Trinajstić information content (AvgIpc) is 2.82. The van der Waals surface area contributed by atoms with Crippen molar-refractivity contribution in [2.75, 3.05) is 36.2 Å². The number of hydrogen-bond acceptors (Lipinski definition) is 6. The van der Waals surface area contributed by atoms with E-state index in [-0.39, 0.29) is 10.6 Å². The molecule has 0 saturated heterocycles. The molecule has 1 aliphatic rings. The highest BCUT2D eigenvalue weighted by molar-refractivity contribution is 7.92. The zero-order valence-electron chi connectivity index (χ0n) is 16.3.